The van der Waals surface area contributed by atoms with Crippen LogP contribution in [0.25, 0.3) is 0 Å². The fraction of sp³-hybridized carbons (Fsp3) is 0.600. The zero-order chi connectivity index (χ0) is 12.1. The van der Waals surface area contributed by atoms with Crippen molar-refractivity contribution in [1.82, 2.24) is 9.97 Å². The third kappa shape index (κ3) is 3.31. The van der Waals surface area contributed by atoms with Gasteiger partial charge in [-0.1, -0.05) is 20.3 Å². The van der Waals surface area contributed by atoms with Crippen LogP contribution in [0.2, 0.25) is 0 Å². The van der Waals surface area contributed by atoms with Gasteiger partial charge < -0.3 is 5.32 Å². The number of nitrogens with one attached hydrogen (secondary N) is 2. The third-order valence-corrected chi connectivity index (χ3v) is 3.32. The highest BCUT2D eigenvalue weighted by atomic mass is 79.9. The molecule has 0 bridgehead atoms. The zero-order valence-electron chi connectivity index (χ0n) is 9.79. The molecule has 0 aromatic carbocycles. The first-order valence-electron chi connectivity index (χ1n) is 5.34. The molecule has 1 heterocycles. The van der Waals surface area contributed by atoms with Crippen molar-refractivity contribution in [3.63, 3.8) is 0 Å². The van der Waals surface area contributed by atoms with Gasteiger partial charge in [0.1, 0.15) is 5.82 Å². The molecule has 0 saturated carbocycles. The van der Waals surface area contributed by atoms with E-state index >= 15 is 0 Å². The molecule has 0 radical (unpaired) electrons. The number of nitrogens with two attached hydrogens (primary N) is 1. The molecule has 5 nitrogen and oxygen atoms in total. The van der Waals surface area contributed by atoms with Gasteiger partial charge in [0, 0.05) is 12.2 Å². The highest BCUT2D eigenvalue weighted by Gasteiger charge is 2.12. The van der Waals surface area contributed by atoms with E-state index in [9.17, 15) is 0 Å². The molecule has 0 spiro atoms. The van der Waals surface area contributed by atoms with E-state index in [2.05, 4.69) is 57.4 Å². The van der Waals surface area contributed by atoms with Gasteiger partial charge >= 0.3 is 0 Å². The van der Waals surface area contributed by atoms with Crippen LogP contribution in [-0.4, -0.2) is 16.0 Å². The minimum absolute atomic E-state index is 0.349. The van der Waals surface area contributed by atoms with Gasteiger partial charge in [-0.15, -0.1) is 0 Å². The average molecular weight is 288 g/mol. The summed E-state index contributed by atoms with van der Waals surface area (Å²) >= 11 is 3.40. The van der Waals surface area contributed by atoms with Gasteiger partial charge in [0.2, 0.25) is 5.95 Å². The Bertz CT molecular complexity index is 344. The van der Waals surface area contributed by atoms with Crippen LogP contribution in [0.15, 0.2) is 10.7 Å². The highest BCUT2D eigenvalue weighted by Crippen LogP contribution is 2.22. The van der Waals surface area contributed by atoms with Gasteiger partial charge in [0.05, 0.1) is 4.47 Å². The maximum absolute atomic E-state index is 5.27. The van der Waals surface area contributed by atoms with Crippen LogP contribution >= 0.6 is 15.9 Å². The minimum atomic E-state index is 0.349. The zero-order valence-corrected chi connectivity index (χ0v) is 11.4. The molecule has 4 N–H and O–H groups in total. The Labute approximate surface area is 104 Å². The van der Waals surface area contributed by atoms with Crippen molar-refractivity contribution in [2.24, 2.45) is 11.8 Å². The second-order valence-corrected chi connectivity index (χ2v) is 4.71. The number of nitrogen functional groups attached to an aromatic ring is 1. The lowest BCUT2D eigenvalue weighted by Gasteiger charge is -2.21. The van der Waals surface area contributed by atoms with Crippen LogP contribution in [0.3, 0.4) is 0 Å². The average Bonchev–Trinajstić information content (AvgIpc) is 2.30. The Morgan fingerprint density at radius 3 is 2.75 bits per heavy atom. The van der Waals surface area contributed by atoms with E-state index in [1.807, 2.05) is 0 Å². The summed E-state index contributed by atoms with van der Waals surface area (Å²) in [5, 5.41) is 3.34. The summed E-state index contributed by atoms with van der Waals surface area (Å²) < 4.78 is 0.835. The first kappa shape index (κ1) is 13.2. The third-order valence-electron chi connectivity index (χ3n) is 2.74. The van der Waals surface area contributed by atoms with Gasteiger partial charge in [0.15, 0.2) is 0 Å². The highest BCUT2D eigenvalue weighted by molar-refractivity contribution is 9.10. The van der Waals surface area contributed by atoms with E-state index in [1.165, 1.54) is 0 Å². The standard InChI is InChI=1S/C10H18BrN5/c1-4-6(2)7(3)14-9-8(11)5-13-10(15-9)16-12/h5-7H,4,12H2,1-3H3,(H2,13,14,15,16). The van der Waals surface area contributed by atoms with Gasteiger partial charge in [-0.25, -0.2) is 10.8 Å². The second-order valence-electron chi connectivity index (χ2n) is 3.85. The van der Waals surface area contributed by atoms with Crippen molar-refractivity contribution in [2.75, 3.05) is 10.7 Å². The smallest absolute Gasteiger partial charge is 0.239 e. The molecule has 0 fully saturated rings. The summed E-state index contributed by atoms with van der Waals surface area (Å²) in [6.45, 7) is 6.51. The van der Waals surface area contributed by atoms with Crippen molar-refractivity contribution in [2.45, 2.75) is 33.2 Å². The summed E-state index contributed by atoms with van der Waals surface area (Å²) in [5.74, 6) is 7.01. The van der Waals surface area contributed by atoms with Crippen LogP contribution in [-0.2, 0) is 0 Å². The molecule has 1 aromatic rings. The number of nitrogens with zero attached hydrogens (tertiary/aromatic N) is 2. The van der Waals surface area contributed by atoms with Crippen LogP contribution in [0.1, 0.15) is 27.2 Å². The second kappa shape index (κ2) is 6.00. The number of aromatic nitrogens is 2. The van der Waals surface area contributed by atoms with E-state index < -0.39 is 0 Å². The van der Waals surface area contributed by atoms with Gasteiger partial charge in [-0.3, -0.25) is 5.43 Å². The Balaban J connectivity index is 2.79. The minimum Gasteiger partial charge on any atom is -0.366 e. The molecule has 1 rings (SSSR count). The predicted octanol–water partition coefficient (Wildman–Crippen LogP) is 2.37. The van der Waals surface area contributed by atoms with E-state index in [0.29, 0.717) is 17.9 Å². The fourth-order valence-corrected chi connectivity index (χ4v) is 1.55. The van der Waals surface area contributed by atoms with Crippen molar-refractivity contribution in [3.8, 4) is 0 Å². The lowest BCUT2D eigenvalue weighted by atomic mass is 10.0. The Morgan fingerprint density at radius 2 is 2.19 bits per heavy atom. The Kier molecular flexibility index (Phi) is 4.95. The molecule has 16 heavy (non-hydrogen) atoms. The molecule has 0 saturated heterocycles. The van der Waals surface area contributed by atoms with Crippen LogP contribution in [0.5, 0.6) is 0 Å². The van der Waals surface area contributed by atoms with Crippen LogP contribution in [0, 0.1) is 5.92 Å². The van der Waals surface area contributed by atoms with E-state index in [4.69, 9.17) is 5.84 Å². The number of anilines is 2. The first-order chi connectivity index (χ1) is 7.58. The SMILES string of the molecule is CCC(C)C(C)Nc1nc(NN)ncc1Br. The van der Waals surface area contributed by atoms with Crippen molar-refractivity contribution >= 4 is 27.7 Å². The molecule has 2 atom stereocenters. The van der Waals surface area contributed by atoms with E-state index in [0.717, 1.165) is 16.7 Å². The van der Waals surface area contributed by atoms with Crippen molar-refractivity contribution in [1.29, 1.82) is 0 Å². The molecular weight excluding hydrogens is 270 g/mol. The summed E-state index contributed by atoms with van der Waals surface area (Å²) in [7, 11) is 0. The summed E-state index contributed by atoms with van der Waals surface area (Å²) in [6, 6.07) is 0.349. The lowest BCUT2D eigenvalue weighted by Crippen LogP contribution is -2.24. The maximum atomic E-state index is 5.27. The van der Waals surface area contributed by atoms with E-state index in [1.54, 1.807) is 6.20 Å². The summed E-state index contributed by atoms with van der Waals surface area (Å²) in [4.78, 5) is 8.24. The number of hydrogen-bond acceptors (Lipinski definition) is 5. The lowest BCUT2D eigenvalue weighted by molar-refractivity contribution is 0.493. The first-order valence-corrected chi connectivity index (χ1v) is 6.13. The monoisotopic (exact) mass is 287 g/mol. The molecule has 1 aromatic heterocycles. The number of rotatable bonds is 5. The molecular formula is C10H18BrN5. The maximum Gasteiger partial charge on any atom is 0.239 e. The molecule has 2 unspecified atom stereocenters. The van der Waals surface area contributed by atoms with Crippen molar-refractivity contribution < 1.29 is 0 Å². The van der Waals surface area contributed by atoms with Crippen LogP contribution < -0.4 is 16.6 Å². The van der Waals surface area contributed by atoms with E-state index in [-0.39, 0.29) is 0 Å². The van der Waals surface area contributed by atoms with Crippen LogP contribution in [0.4, 0.5) is 11.8 Å². The Morgan fingerprint density at radius 1 is 1.50 bits per heavy atom. The normalized spacial score (nSPS) is 14.3. The predicted molar refractivity (Wildman–Crippen MR) is 70.1 cm³/mol. The molecule has 0 aliphatic heterocycles. The molecule has 0 amide bonds. The van der Waals surface area contributed by atoms with Crippen molar-refractivity contribution in [3.05, 3.63) is 10.7 Å². The number of hydrogen-bond donors (Lipinski definition) is 3. The topological polar surface area (TPSA) is 75.9 Å². The summed E-state index contributed by atoms with van der Waals surface area (Å²) in [5.41, 5.74) is 2.43. The Hall–Kier alpha value is -0.880. The molecule has 0 aliphatic rings. The number of halogens is 1. The van der Waals surface area contributed by atoms with Gasteiger partial charge in [-0.2, -0.15) is 4.98 Å². The molecule has 0 aliphatic carbocycles. The quantitative estimate of drug-likeness (QED) is 0.573. The molecule has 90 valence electrons. The number of hydrazine groups is 1. The fourth-order valence-electron chi connectivity index (χ4n) is 1.25. The molecule has 6 heteroatoms. The van der Waals surface area contributed by atoms with Gasteiger partial charge in [-0.05, 0) is 28.8 Å². The largest absolute Gasteiger partial charge is 0.366 e. The van der Waals surface area contributed by atoms with Gasteiger partial charge in [0.25, 0.3) is 0 Å². The summed E-state index contributed by atoms with van der Waals surface area (Å²) in [6.07, 6.45) is 2.80.